The maximum Gasteiger partial charge on any atom is 0.335 e. The van der Waals surface area contributed by atoms with E-state index in [4.69, 9.17) is 16.7 Å². The smallest absolute Gasteiger partial charge is 0.335 e. The molecule has 0 bridgehead atoms. The van der Waals surface area contributed by atoms with Crippen LogP contribution in [0.15, 0.2) is 12.1 Å². The van der Waals surface area contributed by atoms with E-state index in [-0.39, 0.29) is 28.7 Å². The van der Waals surface area contributed by atoms with Crippen molar-refractivity contribution in [3.05, 3.63) is 34.1 Å². The van der Waals surface area contributed by atoms with Crippen molar-refractivity contribution in [2.75, 3.05) is 6.54 Å². The number of carbonyl (C=O) groups is 1. The van der Waals surface area contributed by atoms with Crippen LogP contribution in [0.2, 0.25) is 5.02 Å². The second kappa shape index (κ2) is 6.49. The molecule has 0 amide bonds. The first kappa shape index (κ1) is 15.2. The molecule has 1 heterocycles. The van der Waals surface area contributed by atoms with Gasteiger partial charge in [-0.25, -0.2) is 9.18 Å². The van der Waals surface area contributed by atoms with Crippen molar-refractivity contribution in [1.82, 2.24) is 10.6 Å². The number of carboxylic acids is 1. The Bertz CT molecular complexity index is 507. The summed E-state index contributed by atoms with van der Waals surface area (Å²) in [6.07, 6.45) is 1.01. The molecule has 1 aliphatic rings. The van der Waals surface area contributed by atoms with E-state index in [0.29, 0.717) is 0 Å². The molecule has 1 aromatic carbocycles. The van der Waals surface area contributed by atoms with Crippen LogP contribution in [-0.2, 0) is 6.54 Å². The second-order valence-electron chi connectivity index (χ2n) is 4.76. The van der Waals surface area contributed by atoms with Crippen LogP contribution in [0.3, 0.4) is 0 Å². The summed E-state index contributed by atoms with van der Waals surface area (Å²) in [5, 5.41) is 24.5. The van der Waals surface area contributed by atoms with Gasteiger partial charge in [-0.05, 0) is 31.5 Å². The number of hydrogen-bond acceptors (Lipinski definition) is 4. The number of halogens is 2. The van der Waals surface area contributed by atoms with Crippen molar-refractivity contribution in [1.29, 1.82) is 0 Å². The minimum absolute atomic E-state index is 0.00597. The molecular formula is C13H16ClFN2O3. The van der Waals surface area contributed by atoms with Crippen LogP contribution in [0.1, 0.15) is 28.8 Å². The van der Waals surface area contributed by atoms with Gasteiger partial charge in [-0.15, -0.1) is 0 Å². The van der Waals surface area contributed by atoms with Crippen LogP contribution in [0.5, 0.6) is 0 Å². The minimum Gasteiger partial charge on any atom is -0.478 e. The number of benzene rings is 1. The van der Waals surface area contributed by atoms with E-state index in [2.05, 4.69) is 10.6 Å². The van der Waals surface area contributed by atoms with Crippen molar-refractivity contribution < 1.29 is 19.4 Å². The summed E-state index contributed by atoms with van der Waals surface area (Å²) in [7, 11) is 0. The van der Waals surface area contributed by atoms with Crippen LogP contribution in [0.4, 0.5) is 4.39 Å². The molecule has 2 unspecified atom stereocenters. The van der Waals surface area contributed by atoms with Crippen molar-refractivity contribution >= 4 is 17.6 Å². The molecule has 0 aliphatic carbocycles. The molecule has 0 spiro atoms. The third-order valence-corrected chi connectivity index (χ3v) is 3.61. The fourth-order valence-corrected chi connectivity index (χ4v) is 2.47. The lowest BCUT2D eigenvalue weighted by molar-refractivity contribution is 0.0696. The first-order valence-electron chi connectivity index (χ1n) is 6.35. The number of carboxylic acid groups (broad SMARTS) is 1. The predicted molar refractivity (Wildman–Crippen MR) is 72.2 cm³/mol. The van der Waals surface area contributed by atoms with Crippen LogP contribution in [0, 0.1) is 5.82 Å². The number of rotatable bonds is 5. The Kier molecular flexibility index (Phi) is 4.93. The summed E-state index contributed by atoms with van der Waals surface area (Å²) in [5.41, 5.74) is 0.0358. The van der Waals surface area contributed by atoms with Gasteiger partial charge in [0.15, 0.2) is 0 Å². The fourth-order valence-electron chi connectivity index (χ4n) is 2.24. The number of aliphatic hydroxyl groups is 1. The molecule has 20 heavy (non-hydrogen) atoms. The van der Waals surface area contributed by atoms with Crippen LogP contribution < -0.4 is 10.6 Å². The lowest BCUT2D eigenvalue weighted by atomic mass is 10.1. The standard InChI is InChI=1S/C13H16ClFN2O3/c14-9-5-7(13(19)20)4-8(11(9)15)6-17-12(18)10-2-1-3-16-10/h4-5,10,12,16-18H,1-3,6H2,(H,19,20). The highest BCUT2D eigenvalue weighted by Gasteiger charge is 2.22. The van der Waals surface area contributed by atoms with Gasteiger partial charge in [0.05, 0.1) is 10.6 Å². The molecule has 2 atom stereocenters. The number of aliphatic hydroxyl groups excluding tert-OH is 1. The minimum atomic E-state index is -1.17. The van der Waals surface area contributed by atoms with Gasteiger partial charge in [-0.1, -0.05) is 11.6 Å². The molecule has 1 saturated heterocycles. The molecule has 0 aromatic heterocycles. The largest absolute Gasteiger partial charge is 0.478 e. The number of nitrogens with one attached hydrogen (secondary N) is 2. The lowest BCUT2D eigenvalue weighted by Crippen LogP contribution is -2.44. The Morgan fingerprint density at radius 1 is 1.60 bits per heavy atom. The van der Waals surface area contributed by atoms with E-state index in [1.807, 2.05) is 0 Å². The first-order chi connectivity index (χ1) is 9.49. The molecule has 1 aromatic rings. The third kappa shape index (κ3) is 3.46. The second-order valence-corrected chi connectivity index (χ2v) is 5.17. The van der Waals surface area contributed by atoms with Gasteiger partial charge in [0.1, 0.15) is 12.0 Å². The Morgan fingerprint density at radius 3 is 2.95 bits per heavy atom. The number of aromatic carboxylic acids is 1. The Hall–Kier alpha value is -1.21. The quantitative estimate of drug-likeness (QED) is 0.617. The molecule has 0 radical (unpaired) electrons. The summed E-state index contributed by atoms with van der Waals surface area (Å²) in [5.74, 6) is -1.85. The average molecular weight is 303 g/mol. The highest BCUT2D eigenvalue weighted by Crippen LogP contribution is 2.21. The van der Waals surface area contributed by atoms with Crippen LogP contribution in [-0.4, -0.2) is 35.0 Å². The molecule has 5 nitrogen and oxygen atoms in total. The van der Waals surface area contributed by atoms with Crippen LogP contribution in [0.25, 0.3) is 0 Å². The predicted octanol–water partition coefficient (Wildman–Crippen LogP) is 1.34. The average Bonchev–Trinajstić information content (AvgIpc) is 2.93. The van der Waals surface area contributed by atoms with E-state index in [9.17, 15) is 14.3 Å². The molecule has 2 rings (SSSR count). The summed E-state index contributed by atoms with van der Waals surface area (Å²) >= 11 is 5.66. The van der Waals surface area contributed by atoms with Gasteiger partial charge < -0.3 is 15.5 Å². The molecule has 0 saturated carbocycles. The van der Waals surface area contributed by atoms with E-state index >= 15 is 0 Å². The lowest BCUT2D eigenvalue weighted by Gasteiger charge is -2.20. The maximum atomic E-state index is 13.8. The van der Waals surface area contributed by atoms with Crippen molar-refractivity contribution in [3.63, 3.8) is 0 Å². The van der Waals surface area contributed by atoms with Crippen molar-refractivity contribution in [3.8, 4) is 0 Å². The van der Waals surface area contributed by atoms with Gasteiger partial charge in [0, 0.05) is 18.2 Å². The zero-order chi connectivity index (χ0) is 14.7. The number of hydrogen-bond donors (Lipinski definition) is 4. The van der Waals surface area contributed by atoms with Gasteiger partial charge in [0.25, 0.3) is 0 Å². The monoisotopic (exact) mass is 302 g/mol. The Labute approximate surface area is 120 Å². The fraction of sp³-hybridized carbons (Fsp3) is 0.462. The third-order valence-electron chi connectivity index (χ3n) is 3.33. The van der Waals surface area contributed by atoms with E-state index in [0.717, 1.165) is 25.5 Å². The van der Waals surface area contributed by atoms with Gasteiger partial charge in [0.2, 0.25) is 0 Å². The van der Waals surface area contributed by atoms with Gasteiger partial charge >= 0.3 is 5.97 Å². The molecular weight excluding hydrogens is 287 g/mol. The summed E-state index contributed by atoms with van der Waals surface area (Å²) in [4.78, 5) is 10.9. The Morgan fingerprint density at radius 2 is 2.35 bits per heavy atom. The van der Waals surface area contributed by atoms with E-state index in [1.165, 1.54) is 6.07 Å². The SMILES string of the molecule is O=C(O)c1cc(Cl)c(F)c(CNC(O)C2CCCN2)c1. The maximum absolute atomic E-state index is 13.8. The highest BCUT2D eigenvalue weighted by atomic mass is 35.5. The molecule has 110 valence electrons. The Balaban J connectivity index is 2.06. The molecule has 1 fully saturated rings. The van der Waals surface area contributed by atoms with Crippen molar-refractivity contribution in [2.24, 2.45) is 0 Å². The molecule has 4 N–H and O–H groups in total. The van der Waals surface area contributed by atoms with Crippen LogP contribution >= 0.6 is 11.6 Å². The van der Waals surface area contributed by atoms with E-state index < -0.39 is 18.0 Å². The summed E-state index contributed by atoms with van der Waals surface area (Å²) < 4.78 is 13.8. The van der Waals surface area contributed by atoms with E-state index in [1.54, 1.807) is 0 Å². The van der Waals surface area contributed by atoms with Gasteiger partial charge in [-0.2, -0.15) is 0 Å². The zero-order valence-electron chi connectivity index (χ0n) is 10.7. The zero-order valence-corrected chi connectivity index (χ0v) is 11.5. The topological polar surface area (TPSA) is 81.6 Å². The molecule has 1 aliphatic heterocycles. The van der Waals surface area contributed by atoms with Crippen molar-refractivity contribution in [2.45, 2.75) is 31.7 Å². The summed E-state index contributed by atoms with van der Waals surface area (Å²) in [6.45, 7) is 0.851. The normalized spacial score (nSPS) is 20.1. The highest BCUT2D eigenvalue weighted by molar-refractivity contribution is 6.31. The van der Waals surface area contributed by atoms with Gasteiger partial charge in [-0.3, -0.25) is 5.32 Å². The molecule has 7 heteroatoms. The summed E-state index contributed by atoms with van der Waals surface area (Å²) in [6, 6.07) is 2.21. The first-order valence-corrected chi connectivity index (χ1v) is 6.73.